The Hall–Kier alpha value is -2.59. The molecule has 0 bridgehead atoms. The molecular weight excluding hydrogens is 429 g/mol. The van der Waals surface area contributed by atoms with Crippen molar-refractivity contribution in [3.8, 4) is 11.3 Å². The minimum Gasteiger partial charge on any atom is -0.368 e. The zero-order valence-corrected chi connectivity index (χ0v) is 16.5. The van der Waals surface area contributed by atoms with Gasteiger partial charge in [0.15, 0.2) is 5.13 Å². The summed E-state index contributed by atoms with van der Waals surface area (Å²) in [5, 5.41) is 4.82. The predicted octanol–water partition coefficient (Wildman–Crippen LogP) is 3.54. The average molecular weight is 445 g/mol. The second kappa shape index (κ2) is 8.03. The van der Waals surface area contributed by atoms with E-state index >= 15 is 0 Å². The number of anilines is 1. The van der Waals surface area contributed by atoms with E-state index in [4.69, 9.17) is 17.3 Å². The molecule has 0 aliphatic carbocycles. The number of carbonyl (C=O) groups is 2. The molecule has 29 heavy (non-hydrogen) atoms. The molecule has 0 unspecified atom stereocenters. The number of rotatable bonds is 5. The number of primary amides is 1. The second-order valence-electron chi connectivity index (χ2n) is 6.48. The van der Waals surface area contributed by atoms with Gasteiger partial charge in [-0.05, 0) is 24.6 Å². The number of nitrogens with two attached hydrogens (primary N) is 1. The molecule has 1 fully saturated rings. The molecule has 1 atom stereocenters. The lowest BCUT2D eigenvalue weighted by atomic mass is 10.1. The van der Waals surface area contributed by atoms with Gasteiger partial charge in [-0.1, -0.05) is 23.8 Å². The number of carbonyl (C=O) groups excluding carboxylic acids is 2. The van der Waals surface area contributed by atoms with Crippen molar-refractivity contribution in [1.82, 2.24) is 9.88 Å². The Kier molecular flexibility index (Phi) is 5.85. The summed E-state index contributed by atoms with van der Waals surface area (Å²) in [6.45, 7) is 3.88. The molecule has 6 nitrogen and oxygen atoms in total. The third-order valence-corrected chi connectivity index (χ3v) is 5.50. The van der Waals surface area contributed by atoms with E-state index in [-0.39, 0.29) is 35.3 Å². The van der Waals surface area contributed by atoms with Crippen molar-refractivity contribution in [2.45, 2.75) is 18.6 Å². The maximum atomic E-state index is 12.9. The summed E-state index contributed by atoms with van der Waals surface area (Å²) in [5.41, 5.74) is 5.62. The minimum atomic E-state index is -4.50. The Morgan fingerprint density at radius 3 is 2.79 bits per heavy atom. The van der Waals surface area contributed by atoms with Gasteiger partial charge in [-0.3, -0.25) is 9.59 Å². The molecule has 11 heteroatoms. The molecule has 2 amide bonds. The third kappa shape index (κ3) is 4.70. The van der Waals surface area contributed by atoms with E-state index in [0.717, 1.165) is 29.0 Å². The van der Waals surface area contributed by atoms with Crippen molar-refractivity contribution in [2.24, 2.45) is 5.73 Å². The number of thiazole rings is 1. The quantitative estimate of drug-likeness (QED) is 0.690. The highest BCUT2D eigenvalue weighted by Crippen LogP contribution is 2.36. The van der Waals surface area contributed by atoms with Crippen molar-refractivity contribution >= 4 is 39.9 Å². The molecule has 1 aromatic heterocycles. The van der Waals surface area contributed by atoms with E-state index in [2.05, 4.69) is 16.9 Å². The first-order valence-corrected chi connectivity index (χ1v) is 9.64. The van der Waals surface area contributed by atoms with Crippen molar-refractivity contribution < 1.29 is 22.8 Å². The molecule has 1 aliphatic heterocycles. The first-order valence-electron chi connectivity index (χ1n) is 8.38. The summed E-state index contributed by atoms with van der Waals surface area (Å²) in [4.78, 5) is 29.5. The highest BCUT2D eigenvalue weighted by atomic mass is 35.5. The molecule has 1 saturated heterocycles. The van der Waals surface area contributed by atoms with Gasteiger partial charge in [0, 0.05) is 17.5 Å². The summed E-state index contributed by atoms with van der Waals surface area (Å²) in [6.07, 6.45) is -4.17. The van der Waals surface area contributed by atoms with Crippen LogP contribution >= 0.6 is 22.9 Å². The van der Waals surface area contributed by atoms with Crippen LogP contribution in [0.3, 0.4) is 0 Å². The van der Waals surface area contributed by atoms with Gasteiger partial charge in [-0.25, -0.2) is 4.98 Å². The SMILES string of the molecule is C=C1C[C@@H](C(N)=O)N(C(=O)CNc2nc(-c3cc(C(F)(F)F)ccc3Cl)cs2)C1. The molecule has 2 heterocycles. The number of aromatic nitrogens is 1. The molecule has 1 aromatic carbocycles. The number of alkyl halides is 3. The fourth-order valence-electron chi connectivity index (χ4n) is 2.94. The zero-order chi connectivity index (χ0) is 21.3. The summed E-state index contributed by atoms with van der Waals surface area (Å²) in [6, 6.07) is 2.27. The normalized spacial score (nSPS) is 16.9. The topological polar surface area (TPSA) is 88.3 Å². The van der Waals surface area contributed by atoms with Gasteiger partial charge in [0.1, 0.15) is 6.04 Å². The lowest BCUT2D eigenvalue weighted by molar-refractivity contribution is -0.137. The van der Waals surface area contributed by atoms with E-state index in [0.29, 0.717) is 11.6 Å². The number of hydrogen-bond donors (Lipinski definition) is 2. The number of hydrogen-bond acceptors (Lipinski definition) is 5. The van der Waals surface area contributed by atoms with Gasteiger partial charge in [-0.15, -0.1) is 11.3 Å². The Bertz CT molecular complexity index is 976. The van der Waals surface area contributed by atoms with Crippen LogP contribution in [0.5, 0.6) is 0 Å². The van der Waals surface area contributed by atoms with Gasteiger partial charge in [0.2, 0.25) is 11.8 Å². The van der Waals surface area contributed by atoms with Crippen LogP contribution in [0.2, 0.25) is 5.02 Å². The maximum Gasteiger partial charge on any atom is 0.416 e. The zero-order valence-electron chi connectivity index (χ0n) is 14.9. The van der Waals surface area contributed by atoms with Gasteiger partial charge in [0.05, 0.1) is 22.8 Å². The number of benzene rings is 1. The van der Waals surface area contributed by atoms with Crippen LogP contribution in [0.25, 0.3) is 11.3 Å². The highest BCUT2D eigenvalue weighted by Gasteiger charge is 2.34. The monoisotopic (exact) mass is 444 g/mol. The van der Waals surface area contributed by atoms with Crippen LogP contribution in [-0.4, -0.2) is 40.8 Å². The molecule has 3 N–H and O–H groups in total. The van der Waals surface area contributed by atoms with Crippen molar-refractivity contribution in [2.75, 3.05) is 18.4 Å². The van der Waals surface area contributed by atoms with E-state index in [1.54, 1.807) is 0 Å². The fraction of sp³-hybridized carbons (Fsp3) is 0.278. The predicted molar refractivity (Wildman–Crippen MR) is 105 cm³/mol. The first-order chi connectivity index (χ1) is 13.6. The number of halogens is 4. The third-order valence-electron chi connectivity index (χ3n) is 4.37. The van der Waals surface area contributed by atoms with E-state index in [9.17, 15) is 22.8 Å². The Morgan fingerprint density at radius 1 is 1.41 bits per heavy atom. The standard InChI is InChI=1S/C18H16ClF3N4O2S/c1-9-4-14(16(23)28)26(7-9)15(27)6-24-17-25-13(8-29-17)11-5-10(18(20,21)22)2-3-12(11)19/h2-3,5,8,14H,1,4,6-7H2,(H2,23,28)(H,24,25)/t14-/m0/s1. The number of nitrogens with zero attached hydrogens (tertiary/aromatic N) is 2. The first kappa shape index (κ1) is 21.1. The molecular formula is C18H16ClF3N4O2S. The van der Waals surface area contributed by atoms with E-state index in [1.807, 2.05) is 0 Å². The Morgan fingerprint density at radius 2 is 2.14 bits per heavy atom. The molecule has 0 saturated carbocycles. The van der Waals surface area contributed by atoms with E-state index < -0.39 is 23.7 Å². The summed E-state index contributed by atoms with van der Waals surface area (Å²) >= 11 is 7.14. The number of amides is 2. The van der Waals surface area contributed by atoms with Crippen molar-refractivity contribution in [1.29, 1.82) is 0 Å². The number of nitrogens with one attached hydrogen (secondary N) is 1. The van der Waals surface area contributed by atoms with Gasteiger partial charge in [0.25, 0.3) is 0 Å². The number of likely N-dealkylation sites (tertiary alicyclic amines) is 1. The second-order valence-corrected chi connectivity index (χ2v) is 7.74. The minimum absolute atomic E-state index is 0.130. The van der Waals surface area contributed by atoms with Crippen LogP contribution in [-0.2, 0) is 15.8 Å². The largest absolute Gasteiger partial charge is 0.416 e. The Balaban J connectivity index is 1.71. The Labute approximate surface area is 173 Å². The molecule has 154 valence electrons. The van der Waals surface area contributed by atoms with Crippen LogP contribution < -0.4 is 11.1 Å². The van der Waals surface area contributed by atoms with Gasteiger partial charge >= 0.3 is 6.18 Å². The van der Waals surface area contributed by atoms with Gasteiger partial charge < -0.3 is 16.0 Å². The molecule has 0 spiro atoms. The lowest BCUT2D eigenvalue weighted by Crippen LogP contribution is -2.45. The molecule has 2 aromatic rings. The summed E-state index contributed by atoms with van der Waals surface area (Å²) < 4.78 is 38.8. The highest BCUT2D eigenvalue weighted by molar-refractivity contribution is 7.14. The maximum absolute atomic E-state index is 12.9. The summed E-state index contributed by atoms with van der Waals surface area (Å²) in [7, 11) is 0. The summed E-state index contributed by atoms with van der Waals surface area (Å²) in [5.74, 6) is -0.964. The lowest BCUT2D eigenvalue weighted by Gasteiger charge is -2.21. The van der Waals surface area contributed by atoms with Crippen LogP contribution in [0.1, 0.15) is 12.0 Å². The smallest absolute Gasteiger partial charge is 0.368 e. The average Bonchev–Trinajstić information content (AvgIpc) is 3.26. The molecule has 0 radical (unpaired) electrons. The van der Waals surface area contributed by atoms with Crippen LogP contribution in [0, 0.1) is 0 Å². The van der Waals surface area contributed by atoms with Crippen LogP contribution in [0.4, 0.5) is 18.3 Å². The van der Waals surface area contributed by atoms with E-state index in [1.165, 1.54) is 16.3 Å². The fourth-order valence-corrected chi connectivity index (χ4v) is 3.87. The van der Waals surface area contributed by atoms with Crippen LogP contribution in [0.15, 0.2) is 35.7 Å². The molecule has 3 rings (SSSR count). The van der Waals surface area contributed by atoms with Crippen molar-refractivity contribution in [3.05, 3.63) is 46.3 Å². The van der Waals surface area contributed by atoms with Crippen molar-refractivity contribution in [3.63, 3.8) is 0 Å². The van der Waals surface area contributed by atoms with Gasteiger partial charge in [-0.2, -0.15) is 13.2 Å². The molecule has 1 aliphatic rings.